The van der Waals surface area contributed by atoms with Crippen LogP contribution in [0.4, 0.5) is 4.39 Å². The van der Waals surface area contributed by atoms with Crippen molar-refractivity contribution in [3.63, 3.8) is 0 Å². The maximum atomic E-state index is 13.3. The lowest BCUT2D eigenvalue weighted by Crippen LogP contribution is -2.27. The number of rotatable bonds is 4. The molecule has 0 N–H and O–H groups in total. The average Bonchev–Trinajstić information content (AvgIpc) is 3.15. The van der Waals surface area contributed by atoms with E-state index in [1.165, 1.54) is 12.1 Å². The maximum Gasteiger partial charge on any atom is 0.319 e. The first-order valence-electron chi connectivity index (χ1n) is 6.96. The first-order chi connectivity index (χ1) is 9.62. The fourth-order valence-corrected chi connectivity index (χ4v) is 2.70. The molecule has 1 aliphatic rings. The Labute approximate surface area is 116 Å². The van der Waals surface area contributed by atoms with Gasteiger partial charge in [-0.3, -0.25) is 4.79 Å². The Morgan fingerprint density at radius 1 is 1.45 bits per heavy atom. The summed E-state index contributed by atoms with van der Waals surface area (Å²) in [6.07, 6.45) is 1.50. The molecule has 0 unspecified atom stereocenters. The van der Waals surface area contributed by atoms with Gasteiger partial charge in [0.25, 0.3) is 0 Å². The SMILES string of the molecule is CCOC(=O)C1(c2nc3cc(F)ccc3n2CC)CC1. The van der Waals surface area contributed by atoms with E-state index in [0.717, 1.165) is 18.4 Å². The van der Waals surface area contributed by atoms with Crippen LogP contribution in [-0.4, -0.2) is 22.1 Å². The molecule has 1 saturated carbocycles. The molecular formula is C15H17FN2O2. The minimum absolute atomic E-state index is 0.217. The molecule has 1 heterocycles. The summed E-state index contributed by atoms with van der Waals surface area (Å²) in [5.41, 5.74) is 0.832. The molecule has 1 aliphatic carbocycles. The zero-order valence-electron chi connectivity index (χ0n) is 11.6. The molecule has 0 saturated heterocycles. The van der Waals surface area contributed by atoms with E-state index in [9.17, 15) is 9.18 Å². The minimum Gasteiger partial charge on any atom is -0.465 e. The molecule has 5 heteroatoms. The number of imidazole rings is 1. The van der Waals surface area contributed by atoms with Crippen molar-refractivity contribution in [2.75, 3.05) is 6.61 Å². The van der Waals surface area contributed by atoms with Gasteiger partial charge in [-0.05, 0) is 38.8 Å². The standard InChI is InChI=1S/C15H17FN2O2/c1-3-18-12-6-5-10(16)9-11(12)17-13(18)15(7-8-15)14(19)20-4-2/h5-6,9H,3-4,7-8H2,1-2H3. The van der Waals surface area contributed by atoms with Gasteiger partial charge in [0.1, 0.15) is 17.1 Å². The van der Waals surface area contributed by atoms with Crippen LogP contribution in [-0.2, 0) is 21.5 Å². The van der Waals surface area contributed by atoms with E-state index < -0.39 is 5.41 Å². The summed E-state index contributed by atoms with van der Waals surface area (Å²) in [5.74, 6) is 0.176. The van der Waals surface area contributed by atoms with E-state index in [2.05, 4.69) is 4.98 Å². The third-order valence-electron chi connectivity index (χ3n) is 3.87. The van der Waals surface area contributed by atoms with Crippen molar-refractivity contribution in [3.8, 4) is 0 Å². The van der Waals surface area contributed by atoms with Crippen molar-refractivity contribution < 1.29 is 13.9 Å². The highest BCUT2D eigenvalue weighted by molar-refractivity contribution is 5.87. The molecular weight excluding hydrogens is 259 g/mol. The molecule has 0 atom stereocenters. The number of aryl methyl sites for hydroxylation is 1. The van der Waals surface area contributed by atoms with Crippen LogP contribution in [0.3, 0.4) is 0 Å². The van der Waals surface area contributed by atoms with Crippen LogP contribution in [0, 0.1) is 5.82 Å². The Bertz CT molecular complexity index is 674. The summed E-state index contributed by atoms with van der Waals surface area (Å²) < 4.78 is 20.5. The average molecular weight is 276 g/mol. The normalized spacial score (nSPS) is 16.4. The molecule has 0 radical (unpaired) electrons. The number of hydrogen-bond donors (Lipinski definition) is 0. The number of carbonyl (C=O) groups is 1. The number of aromatic nitrogens is 2. The minimum atomic E-state index is -0.623. The quantitative estimate of drug-likeness (QED) is 0.807. The van der Waals surface area contributed by atoms with Crippen LogP contribution in [0.5, 0.6) is 0 Å². The smallest absolute Gasteiger partial charge is 0.319 e. The third kappa shape index (κ3) is 1.80. The van der Waals surface area contributed by atoms with Gasteiger partial charge in [0.2, 0.25) is 0 Å². The van der Waals surface area contributed by atoms with Gasteiger partial charge in [0.05, 0.1) is 17.6 Å². The van der Waals surface area contributed by atoms with Crippen LogP contribution in [0.2, 0.25) is 0 Å². The molecule has 1 aromatic heterocycles. The highest BCUT2D eigenvalue weighted by Crippen LogP contribution is 2.49. The second-order valence-corrected chi connectivity index (χ2v) is 5.12. The fourth-order valence-electron chi connectivity index (χ4n) is 2.70. The summed E-state index contributed by atoms with van der Waals surface area (Å²) in [7, 11) is 0. The topological polar surface area (TPSA) is 44.1 Å². The molecule has 0 aliphatic heterocycles. The summed E-state index contributed by atoms with van der Waals surface area (Å²) in [6.45, 7) is 4.85. The lowest BCUT2D eigenvalue weighted by molar-refractivity contribution is -0.146. The lowest BCUT2D eigenvalue weighted by Gasteiger charge is -2.15. The van der Waals surface area contributed by atoms with Crippen molar-refractivity contribution in [3.05, 3.63) is 29.8 Å². The number of nitrogens with zero attached hydrogens (tertiary/aromatic N) is 2. The van der Waals surface area contributed by atoms with Crippen LogP contribution < -0.4 is 0 Å². The van der Waals surface area contributed by atoms with Gasteiger partial charge in [-0.2, -0.15) is 0 Å². The second kappa shape index (κ2) is 4.58. The van der Waals surface area contributed by atoms with Crippen molar-refractivity contribution in [2.45, 2.75) is 38.6 Å². The maximum absolute atomic E-state index is 13.3. The van der Waals surface area contributed by atoms with Crippen LogP contribution in [0.1, 0.15) is 32.5 Å². The van der Waals surface area contributed by atoms with E-state index in [1.54, 1.807) is 13.0 Å². The summed E-state index contributed by atoms with van der Waals surface area (Å²) >= 11 is 0. The number of fused-ring (bicyclic) bond motifs is 1. The monoisotopic (exact) mass is 276 g/mol. The van der Waals surface area contributed by atoms with Crippen molar-refractivity contribution in [2.24, 2.45) is 0 Å². The van der Waals surface area contributed by atoms with Crippen molar-refractivity contribution >= 4 is 17.0 Å². The Morgan fingerprint density at radius 2 is 2.20 bits per heavy atom. The molecule has 0 spiro atoms. The fraction of sp³-hybridized carbons (Fsp3) is 0.467. The molecule has 1 aromatic carbocycles. The molecule has 2 aromatic rings. The van der Waals surface area contributed by atoms with Gasteiger partial charge in [0.15, 0.2) is 0 Å². The van der Waals surface area contributed by atoms with Gasteiger partial charge >= 0.3 is 5.97 Å². The summed E-state index contributed by atoms with van der Waals surface area (Å²) in [4.78, 5) is 16.7. The summed E-state index contributed by atoms with van der Waals surface area (Å²) in [5, 5.41) is 0. The van der Waals surface area contributed by atoms with E-state index in [4.69, 9.17) is 4.74 Å². The number of esters is 1. The second-order valence-electron chi connectivity index (χ2n) is 5.12. The largest absolute Gasteiger partial charge is 0.465 e. The Hall–Kier alpha value is -1.91. The van der Waals surface area contributed by atoms with Crippen molar-refractivity contribution in [1.29, 1.82) is 0 Å². The Kier molecular flexibility index (Phi) is 3.00. The number of benzene rings is 1. The van der Waals surface area contributed by atoms with E-state index in [1.807, 2.05) is 11.5 Å². The molecule has 1 fully saturated rings. The zero-order chi connectivity index (χ0) is 14.3. The molecule has 0 amide bonds. The lowest BCUT2D eigenvalue weighted by atomic mass is 10.1. The zero-order valence-corrected chi connectivity index (χ0v) is 11.6. The molecule has 4 nitrogen and oxygen atoms in total. The van der Waals surface area contributed by atoms with Crippen molar-refractivity contribution in [1.82, 2.24) is 9.55 Å². The van der Waals surface area contributed by atoms with E-state index in [0.29, 0.717) is 24.5 Å². The van der Waals surface area contributed by atoms with Crippen LogP contribution in [0.15, 0.2) is 18.2 Å². The molecule has 0 bridgehead atoms. The highest BCUT2D eigenvalue weighted by Gasteiger charge is 2.56. The highest BCUT2D eigenvalue weighted by atomic mass is 19.1. The molecule has 106 valence electrons. The van der Waals surface area contributed by atoms with Gasteiger partial charge in [-0.15, -0.1) is 0 Å². The molecule has 20 heavy (non-hydrogen) atoms. The van der Waals surface area contributed by atoms with Crippen LogP contribution >= 0.6 is 0 Å². The number of halogens is 1. The van der Waals surface area contributed by atoms with Gasteiger partial charge in [0, 0.05) is 12.6 Å². The van der Waals surface area contributed by atoms with Gasteiger partial charge in [-0.25, -0.2) is 9.37 Å². The number of hydrogen-bond acceptors (Lipinski definition) is 3. The van der Waals surface area contributed by atoms with Gasteiger partial charge < -0.3 is 9.30 Å². The van der Waals surface area contributed by atoms with E-state index >= 15 is 0 Å². The van der Waals surface area contributed by atoms with E-state index in [-0.39, 0.29) is 11.8 Å². The first kappa shape index (κ1) is 13.1. The Balaban J connectivity index is 2.14. The van der Waals surface area contributed by atoms with Gasteiger partial charge in [-0.1, -0.05) is 0 Å². The third-order valence-corrected chi connectivity index (χ3v) is 3.87. The summed E-state index contributed by atoms with van der Waals surface area (Å²) in [6, 6.07) is 4.54. The molecule has 3 rings (SSSR count). The number of carbonyl (C=O) groups excluding carboxylic acids is 1. The Morgan fingerprint density at radius 3 is 2.80 bits per heavy atom. The predicted octanol–water partition coefficient (Wildman–Crippen LogP) is 2.79. The first-order valence-corrected chi connectivity index (χ1v) is 6.96. The van der Waals surface area contributed by atoms with Crippen LogP contribution in [0.25, 0.3) is 11.0 Å². The predicted molar refractivity (Wildman–Crippen MR) is 72.9 cm³/mol. The number of ether oxygens (including phenoxy) is 1.